The summed E-state index contributed by atoms with van der Waals surface area (Å²) in [7, 11) is 1.79. The molecule has 0 spiro atoms. The van der Waals surface area contributed by atoms with E-state index in [0.717, 1.165) is 5.69 Å². The average Bonchev–Trinajstić information content (AvgIpc) is 2.91. The van der Waals surface area contributed by atoms with E-state index in [1.165, 1.54) is 10.2 Å². The first kappa shape index (κ1) is 21.4. The number of aromatic nitrogens is 2. The van der Waals surface area contributed by atoms with Gasteiger partial charge in [0, 0.05) is 7.05 Å². The predicted molar refractivity (Wildman–Crippen MR) is 120 cm³/mol. The van der Waals surface area contributed by atoms with Gasteiger partial charge in [-0.3, -0.25) is 14.3 Å². The van der Waals surface area contributed by atoms with Crippen molar-refractivity contribution in [1.82, 2.24) is 9.36 Å². The number of carbonyl (C=O) groups is 1. The van der Waals surface area contributed by atoms with E-state index >= 15 is 0 Å². The van der Waals surface area contributed by atoms with Crippen molar-refractivity contribution in [2.45, 2.75) is 46.1 Å². The molecule has 1 N–H and O–H groups in total. The van der Waals surface area contributed by atoms with E-state index < -0.39 is 6.10 Å². The monoisotopic (exact) mass is 407 g/mol. The van der Waals surface area contributed by atoms with Crippen LogP contribution in [-0.2, 0) is 17.3 Å². The van der Waals surface area contributed by atoms with Gasteiger partial charge >= 0.3 is 0 Å². The van der Waals surface area contributed by atoms with Gasteiger partial charge in [-0.25, -0.2) is 4.68 Å². The lowest BCUT2D eigenvalue weighted by molar-refractivity contribution is -0.122. The summed E-state index contributed by atoms with van der Waals surface area (Å²) in [6.45, 7) is 9.89. The van der Waals surface area contributed by atoms with Crippen LogP contribution in [-0.4, -0.2) is 21.4 Å². The number of hydrogen-bond acceptors (Lipinski definition) is 3. The van der Waals surface area contributed by atoms with E-state index in [2.05, 4.69) is 26.1 Å². The average molecular weight is 408 g/mol. The summed E-state index contributed by atoms with van der Waals surface area (Å²) in [6, 6.07) is 17.0. The van der Waals surface area contributed by atoms with Crippen molar-refractivity contribution >= 4 is 11.6 Å². The largest absolute Gasteiger partial charge is 0.481 e. The number of anilines is 1. The first-order valence-corrected chi connectivity index (χ1v) is 10.0. The summed E-state index contributed by atoms with van der Waals surface area (Å²) in [5, 5.41) is 2.75. The Morgan fingerprint density at radius 3 is 2.20 bits per heavy atom. The fraction of sp³-hybridized carbons (Fsp3) is 0.333. The zero-order chi connectivity index (χ0) is 22.1. The number of ether oxygens (including phenoxy) is 1. The van der Waals surface area contributed by atoms with E-state index in [1.54, 1.807) is 25.6 Å². The van der Waals surface area contributed by atoms with Crippen LogP contribution in [0.4, 0.5) is 5.69 Å². The lowest BCUT2D eigenvalue weighted by Gasteiger charge is -2.20. The van der Waals surface area contributed by atoms with Crippen LogP contribution < -0.4 is 15.6 Å². The third-order valence-electron chi connectivity index (χ3n) is 5.20. The molecular formula is C24H29N3O3. The molecule has 0 aliphatic rings. The molecular weight excluding hydrogens is 378 g/mol. The van der Waals surface area contributed by atoms with Gasteiger partial charge in [-0.05, 0) is 49.1 Å². The van der Waals surface area contributed by atoms with Crippen molar-refractivity contribution in [3.05, 3.63) is 76.2 Å². The van der Waals surface area contributed by atoms with Gasteiger partial charge in [0.2, 0.25) is 0 Å². The molecule has 1 unspecified atom stereocenters. The summed E-state index contributed by atoms with van der Waals surface area (Å²) < 4.78 is 9.05. The Balaban J connectivity index is 1.77. The molecule has 6 nitrogen and oxygen atoms in total. The summed E-state index contributed by atoms with van der Waals surface area (Å²) in [4.78, 5) is 25.7. The third-order valence-corrected chi connectivity index (χ3v) is 5.20. The lowest BCUT2D eigenvalue weighted by Crippen LogP contribution is -2.32. The van der Waals surface area contributed by atoms with Crippen molar-refractivity contribution in [1.29, 1.82) is 0 Å². The minimum Gasteiger partial charge on any atom is -0.481 e. The second-order valence-corrected chi connectivity index (χ2v) is 8.46. The summed E-state index contributed by atoms with van der Waals surface area (Å²) in [5.41, 5.74) is 2.61. The van der Waals surface area contributed by atoms with Crippen LogP contribution in [0, 0.1) is 6.92 Å². The Kier molecular flexibility index (Phi) is 5.87. The Morgan fingerprint density at radius 1 is 1.03 bits per heavy atom. The highest BCUT2D eigenvalue weighted by molar-refractivity contribution is 5.94. The zero-order valence-corrected chi connectivity index (χ0v) is 18.4. The molecule has 0 bridgehead atoms. The second-order valence-electron chi connectivity index (χ2n) is 8.46. The number of rotatable bonds is 5. The predicted octanol–water partition coefficient (Wildman–Crippen LogP) is 4.19. The number of nitrogens with zero attached hydrogens (tertiary/aromatic N) is 2. The second kappa shape index (κ2) is 8.22. The van der Waals surface area contributed by atoms with Gasteiger partial charge < -0.3 is 10.1 Å². The summed E-state index contributed by atoms with van der Waals surface area (Å²) >= 11 is 0. The van der Waals surface area contributed by atoms with Crippen LogP contribution in [0.5, 0.6) is 5.75 Å². The fourth-order valence-electron chi connectivity index (χ4n) is 3.23. The Labute approximate surface area is 177 Å². The third kappa shape index (κ3) is 4.32. The Morgan fingerprint density at radius 2 is 1.63 bits per heavy atom. The van der Waals surface area contributed by atoms with Crippen LogP contribution in [0.1, 0.15) is 39.0 Å². The number of nitrogens with one attached hydrogen (secondary N) is 1. The Bertz CT molecular complexity index is 1090. The maximum absolute atomic E-state index is 12.9. The van der Waals surface area contributed by atoms with Crippen LogP contribution in [0.3, 0.4) is 0 Å². The number of carbonyl (C=O) groups excluding carboxylic acids is 1. The van der Waals surface area contributed by atoms with Crippen molar-refractivity contribution in [2.24, 2.45) is 7.05 Å². The quantitative estimate of drug-likeness (QED) is 0.690. The van der Waals surface area contributed by atoms with Gasteiger partial charge in [0.15, 0.2) is 6.10 Å². The minimum atomic E-state index is -0.755. The molecule has 3 aromatic rings. The first-order chi connectivity index (χ1) is 14.1. The molecule has 0 aliphatic heterocycles. The molecule has 1 atom stereocenters. The highest BCUT2D eigenvalue weighted by Crippen LogP contribution is 2.25. The molecule has 2 aromatic carbocycles. The molecule has 0 aliphatic carbocycles. The molecule has 1 amide bonds. The first-order valence-electron chi connectivity index (χ1n) is 10.0. The molecule has 0 radical (unpaired) electrons. The molecule has 158 valence electrons. The van der Waals surface area contributed by atoms with Crippen LogP contribution in [0.25, 0.3) is 5.69 Å². The van der Waals surface area contributed by atoms with E-state index in [1.807, 2.05) is 54.6 Å². The van der Waals surface area contributed by atoms with E-state index in [0.29, 0.717) is 11.4 Å². The molecule has 0 saturated heterocycles. The number of benzene rings is 2. The standard InChI is InChI=1S/C24H29N3O3/c1-16-21(23(29)27(26(16)6)19-10-8-7-9-11-19)25-22(28)17(2)30-20-14-12-18(13-15-20)24(3,4)5/h7-15,17H,1-6H3,(H,25,28). The van der Waals surface area contributed by atoms with Crippen molar-refractivity contribution in [3.63, 3.8) is 0 Å². The maximum atomic E-state index is 12.9. The highest BCUT2D eigenvalue weighted by atomic mass is 16.5. The fourth-order valence-corrected chi connectivity index (χ4v) is 3.23. The van der Waals surface area contributed by atoms with Crippen LogP contribution >= 0.6 is 0 Å². The minimum absolute atomic E-state index is 0.0466. The van der Waals surface area contributed by atoms with Crippen LogP contribution in [0.15, 0.2) is 59.4 Å². The number of hydrogen-bond donors (Lipinski definition) is 1. The number of amides is 1. The smallest absolute Gasteiger partial charge is 0.295 e. The number of para-hydroxylation sites is 1. The van der Waals surface area contributed by atoms with E-state index in [9.17, 15) is 9.59 Å². The molecule has 0 saturated carbocycles. The molecule has 30 heavy (non-hydrogen) atoms. The SMILES string of the molecule is Cc1c(NC(=O)C(C)Oc2ccc(C(C)(C)C)cc2)c(=O)n(-c2ccccc2)n1C. The van der Waals surface area contributed by atoms with Gasteiger partial charge in [0.25, 0.3) is 11.5 Å². The Hall–Kier alpha value is -3.28. The lowest BCUT2D eigenvalue weighted by atomic mass is 9.87. The van der Waals surface area contributed by atoms with Gasteiger partial charge in [0.1, 0.15) is 11.4 Å². The van der Waals surface area contributed by atoms with Crippen LogP contribution in [0.2, 0.25) is 0 Å². The normalized spacial score (nSPS) is 12.5. The molecule has 3 rings (SSSR count). The van der Waals surface area contributed by atoms with E-state index in [-0.39, 0.29) is 22.6 Å². The van der Waals surface area contributed by atoms with Gasteiger partial charge in [0.05, 0.1) is 11.4 Å². The molecule has 6 heteroatoms. The topological polar surface area (TPSA) is 65.3 Å². The van der Waals surface area contributed by atoms with Gasteiger partial charge in [-0.15, -0.1) is 0 Å². The highest BCUT2D eigenvalue weighted by Gasteiger charge is 2.22. The summed E-state index contributed by atoms with van der Waals surface area (Å²) in [5.74, 6) is 0.234. The maximum Gasteiger partial charge on any atom is 0.295 e. The van der Waals surface area contributed by atoms with Crippen molar-refractivity contribution in [3.8, 4) is 11.4 Å². The molecule has 1 heterocycles. The van der Waals surface area contributed by atoms with Crippen molar-refractivity contribution in [2.75, 3.05) is 5.32 Å². The summed E-state index contributed by atoms with van der Waals surface area (Å²) in [6.07, 6.45) is -0.755. The van der Waals surface area contributed by atoms with Gasteiger partial charge in [-0.1, -0.05) is 51.1 Å². The molecule has 1 aromatic heterocycles. The van der Waals surface area contributed by atoms with Gasteiger partial charge in [-0.2, -0.15) is 0 Å². The zero-order valence-electron chi connectivity index (χ0n) is 18.4. The molecule has 0 fully saturated rings. The van der Waals surface area contributed by atoms with E-state index in [4.69, 9.17) is 4.74 Å². The van der Waals surface area contributed by atoms with Crippen molar-refractivity contribution < 1.29 is 9.53 Å².